The molecule has 1 aromatic carbocycles. The van der Waals surface area contributed by atoms with Gasteiger partial charge in [-0.25, -0.2) is 0 Å². The Morgan fingerprint density at radius 1 is 1.35 bits per heavy atom. The number of rotatable bonds is 1. The van der Waals surface area contributed by atoms with Crippen molar-refractivity contribution in [1.82, 2.24) is 9.55 Å². The van der Waals surface area contributed by atoms with Gasteiger partial charge in [-0.1, -0.05) is 18.2 Å². The molecule has 5 heteroatoms. The molecule has 0 radical (unpaired) electrons. The van der Waals surface area contributed by atoms with E-state index in [0.29, 0.717) is 10.4 Å². The lowest BCUT2D eigenvalue weighted by molar-refractivity contribution is 0.0999. The second-order valence-corrected chi connectivity index (χ2v) is 5.41. The Bertz CT molecular complexity index is 861. The van der Waals surface area contributed by atoms with Gasteiger partial charge in [0.2, 0.25) is 0 Å². The highest BCUT2D eigenvalue weighted by Crippen LogP contribution is 2.18. The van der Waals surface area contributed by atoms with Crippen LogP contribution in [0.15, 0.2) is 46.9 Å². The van der Waals surface area contributed by atoms with E-state index in [2.05, 4.69) is 9.98 Å². The predicted molar refractivity (Wildman–Crippen MR) is 79.7 cm³/mol. The highest BCUT2D eigenvalue weighted by molar-refractivity contribution is 7.07. The Morgan fingerprint density at radius 2 is 2.15 bits per heavy atom. The van der Waals surface area contributed by atoms with Crippen LogP contribution in [-0.2, 0) is 7.05 Å². The summed E-state index contributed by atoms with van der Waals surface area (Å²) in [6, 6.07) is 9.42. The number of hydrogen-bond donors (Lipinski definition) is 0. The zero-order valence-corrected chi connectivity index (χ0v) is 12.0. The van der Waals surface area contributed by atoms with Crippen LogP contribution in [0.5, 0.6) is 0 Å². The highest BCUT2D eigenvalue weighted by atomic mass is 32.1. The first kappa shape index (κ1) is 12.7. The van der Waals surface area contributed by atoms with E-state index < -0.39 is 0 Å². The van der Waals surface area contributed by atoms with Crippen molar-refractivity contribution in [1.29, 1.82) is 0 Å². The minimum atomic E-state index is -0.232. The summed E-state index contributed by atoms with van der Waals surface area (Å²) >= 11 is 1.44. The number of benzene rings is 1. The van der Waals surface area contributed by atoms with Gasteiger partial charge in [-0.05, 0) is 19.1 Å². The van der Waals surface area contributed by atoms with Crippen LogP contribution < -0.4 is 4.80 Å². The summed E-state index contributed by atoms with van der Waals surface area (Å²) in [4.78, 5) is 21.7. The topological polar surface area (TPSA) is 47.2 Å². The first-order chi connectivity index (χ1) is 9.65. The Morgan fingerprint density at radius 3 is 2.90 bits per heavy atom. The fourth-order valence-electron chi connectivity index (χ4n) is 2.07. The molecule has 0 saturated carbocycles. The number of hydrogen-bond acceptors (Lipinski definition) is 3. The van der Waals surface area contributed by atoms with Gasteiger partial charge >= 0.3 is 0 Å². The fraction of sp³-hybridized carbons (Fsp3) is 0.133. The van der Waals surface area contributed by atoms with Crippen LogP contribution in [0.25, 0.3) is 10.9 Å². The number of pyridine rings is 1. The molecule has 2 heterocycles. The third kappa shape index (κ3) is 2.28. The summed E-state index contributed by atoms with van der Waals surface area (Å²) in [5.41, 5.74) is 2.24. The van der Waals surface area contributed by atoms with Crippen molar-refractivity contribution in [2.75, 3.05) is 0 Å². The minimum Gasteiger partial charge on any atom is -0.327 e. The molecule has 3 aromatic rings. The molecular weight excluding hydrogens is 270 g/mol. The van der Waals surface area contributed by atoms with E-state index in [1.165, 1.54) is 11.3 Å². The Kier molecular flexibility index (Phi) is 3.20. The Hall–Kier alpha value is -2.27. The average molecular weight is 283 g/mol. The lowest BCUT2D eigenvalue weighted by atomic mass is 10.1. The van der Waals surface area contributed by atoms with Crippen LogP contribution >= 0.6 is 11.3 Å². The summed E-state index contributed by atoms with van der Waals surface area (Å²) in [6.07, 6.45) is 1.88. The summed E-state index contributed by atoms with van der Waals surface area (Å²) in [7, 11) is 1.87. The van der Waals surface area contributed by atoms with E-state index in [4.69, 9.17) is 0 Å². The van der Waals surface area contributed by atoms with Gasteiger partial charge < -0.3 is 4.57 Å². The van der Waals surface area contributed by atoms with Gasteiger partial charge in [-0.15, -0.1) is 11.3 Å². The number of carbonyl (C=O) groups excluding carboxylic acids is 1. The predicted octanol–water partition coefficient (Wildman–Crippen LogP) is 2.68. The van der Waals surface area contributed by atoms with Crippen LogP contribution in [0.3, 0.4) is 0 Å². The molecule has 0 unspecified atom stereocenters. The number of thiazole rings is 1. The van der Waals surface area contributed by atoms with Crippen molar-refractivity contribution in [2.24, 2.45) is 12.0 Å². The molecule has 0 bridgehead atoms. The first-order valence-electron chi connectivity index (χ1n) is 6.21. The lowest BCUT2D eigenvalue weighted by Gasteiger charge is -2.04. The summed E-state index contributed by atoms with van der Waals surface area (Å²) in [5, 5.41) is 2.74. The summed E-state index contributed by atoms with van der Waals surface area (Å²) in [6.45, 7) is 1.88. The van der Waals surface area contributed by atoms with Gasteiger partial charge in [-0.3, -0.25) is 9.78 Å². The van der Waals surface area contributed by atoms with Gasteiger partial charge in [0.05, 0.1) is 11.1 Å². The van der Waals surface area contributed by atoms with E-state index >= 15 is 0 Å². The van der Waals surface area contributed by atoms with Crippen molar-refractivity contribution in [3.05, 3.63) is 58.0 Å². The standard InChI is InChI=1S/C15H13N3OS/c1-10-9-12(11-5-3-4-6-13(11)16-10)14(19)17-15-18(2)7-8-20-15/h3-9H,1-2H3. The number of aromatic nitrogens is 2. The van der Waals surface area contributed by atoms with E-state index in [9.17, 15) is 4.79 Å². The molecule has 0 spiro atoms. The molecule has 0 N–H and O–H groups in total. The number of carbonyl (C=O) groups is 1. The van der Waals surface area contributed by atoms with Crippen molar-refractivity contribution < 1.29 is 4.79 Å². The van der Waals surface area contributed by atoms with Crippen LogP contribution in [-0.4, -0.2) is 15.5 Å². The molecule has 0 aliphatic carbocycles. The van der Waals surface area contributed by atoms with Crippen molar-refractivity contribution in [3.63, 3.8) is 0 Å². The van der Waals surface area contributed by atoms with E-state index in [1.54, 1.807) is 6.07 Å². The molecule has 20 heavy (non-hydrogen) atoms. The first-order valence-corrected chi connectivity index (χ1v) is 7.09. The molecule has 2 aromatic heterocycles. The maximum Gasteiger partial charge on any atom is 0.280 e. The lowest BCUT2D eigenvalue weighted by Crippen LogP contribution is -2.13. The number of para-hydroxylation sites is 1. The minimum absolute atomic E-state index is 0.232. The second kappa shape index (κ2) is 5.02. The molecule has 0 saturated heterocycles. The maximum atomic E-state index is 12.4. The van der Waals surface area contributed by atoms with Crippen molar-refractivity contribution in [3.8, 4) is 0 Å². The van der Waals surface area contributed by atoms with Crippen molar-refractivity contribution >= 4 is 28.1 Å². The van der Waals surface area contributed by atoms with Crippen LogP contribution in [0.1, 0.15) is 16.1 Å². The van der Waals surface area contributed by atoms with Gasteiger partial charge in [0.25, 0.3) is 5.91 Å². The maximum absolute atomic E-state index is 12.4. The van der Waals surface area contributed by atoms with Gasteiger partial charge in [0.15, 0.2) is 4.80 Å². The zero-order chi connectivity index (χ0) is 14.1. The largest absolute Gasteiger partial charge is 0.327 e. The van der Waals surface area contributed by atoms with Gasteiger partial charge in [0, 0.05) is 29.7 Å². The average Bonchev–Trinajstić information content (AvgIpc) is 2.83. The van der Waals surface area contributed by atoms with Gasteiger partial charge in [-0.2, -0.15) is 4.99 Å². The third-order valence-corrected chi connectivity index (χ3v) is 3.88. The second-order valence-electron chi connectivity index (χ2n) is 4.54. The quantitative estimate of drug-likeness (QED) is 0.689. The molecule has 3 rings (SSSR count). The summed E-state index contributed by atoms with van der Waals surface area (Å²) < 4.78 is 1.83. The van der Waals surface area contributed by atoms with E-state index in [-0.39, 0.29) is 5.91 Å². The van der Waals surface area contributed by atoms with Gasteiger partial charge in [0.1, 0.15) is 0 Å². The number of fused-ring (bicyclic) bond motifs is 1. The monoisotopic (exact) mass is 283 g/mol. The molecule has 0 atom stereocenters. The third-order valence-electron chi connectivity index (χ3n) is 3.03. The van der Waals surface area contributed by atoms with Crippen LogP contribution in [0, 0.1) is 6.92 Å². The number of nitrogens with zero attached hydrogens (tertiary/aromatic N) is 3. The smallest absolute Gasteiger partial charge is 0.280 e. The molecule has 4 nitrogen and oxygen atoms in total. The molecule has 1 amide bonds. The van der Waals surface area contributed by atoms with Crippen molar-refractivity contribution in [2.45, 2.75) is 6.92 Å². The number of amides is 1. The summed E-state index contributed by atoms with van der Waals surface area (Å²) in [5.74, 6) is -0.232. The van der Waals surface area contributed by atoms with Crippen LogP contribution in [0.2, 0.25) is 0 Å². The molecule has 0 aliphatic rings. The van der Waals surface area contributed by atoms with Crippen LogP contribution in [0.4, 0.5) is 0 Å². The van der Waals surface area contributed by atoms with E-state index in [0.717, 1.165) is 16.6 Å². The zero-order valence-electron chi connectivity index (χ0n) is 11.2. The normalized spacial score (nSPS) is 12.0. The molecule has 100 valence electrons. The molecular formula is C15H13N3OS. The Labute approximate surface area is 120 Å². The van der Waals surface area contributed by atoms with E-state index in [1.807, 2.05) is 54.4 Å². The molecule has 0 aliphatic heterocycles. The fourth-order valence-corrected chi connectivity index (χ4v) is 2.79. The Balaban J connectivity index is 2.20. The number of aryl methyl sites for hydroxylation is 2. The highest BCUT2D eigenvalue weighted by Gasteiger charge is 2.11. The SMILES string of the molecule is Cc1cc(C(=O)N=c2sccn2C)c2ccccc2n1. The molecule has 0 fully saturated rings.